The molecule has 97 aliphatic rings. The second kappa shape index (κ2) is 4.89. The molecule has 0 amide bonds. The molecule has 528 valence electrons. The third-order valence-electron chi connectivity index (χ3n) is 115. The Labute approximate surface area is 669 Å². The maximum atomic E-state index is 2.08. The van der Waals surface area contributed by atoms with Gasteiger partial charge >= 0.3 is 0 Å². The second-order valence-electron chi connectivity index (χ2n) is 82.1. The summed E-state index contributed by atoms with van der Waals surface area (Å²) in [5, 5.41) is 0. The first-order valence-electron chi connectivity index (χ1n) is 59.7. The van der Waals surface area contributed by atoms with Crippen molar-refractivity contribution >= 4 is 0 Å². The van der Waals surface area contributed by atoms with Crippen molar-refractivity contribution in [2.75, 3.05) is 0 Å². The summed E-state index contributed by atoms with van der Waals surface area (Å²) in [6.45, 7) is 0. The molecule has 0 heteroatoms. The molecule has 120 heavy (non-hydrogen) atoms. The Hall–Kier alpha value is 0. The van der Waals surface area contributed by atoms with Crippen LogP contribution in [-0.4, -0.2) is 0 Å². The minimum atomic E-state index is 1.01. The molecule has 0 nitrogen and oxygen atoms in total. The van der Waals surface area contributed by atoms with E-state index in [1.54, 1.807) is 0 Å². The average molecular weight is 1490 g/mol. The van der Waals surface area contributed by atoms with Crippen LogP contribution in [0.25, 0.3) is 0 Å². The molecule has 0 aromatic heterocycles. The predicted octanol–water partition coefficient (Wildman–Crippen LogP) is 9.70. The lowest BCUT2D eigenvalue weighted by Gasteiger charge is -3.84. The Balaban J connectivity index is 0.582. The second-order valence-corrected chi connectivity index (χ2v) is 82.1. The monoisotopic (exact) mass is 1490 g/mol. The van der Waals surface area contributed by atoms with Crippen LogP contribution in [0.2, 0.25) is 0 Å². The summed E-state index contributed by atoms with van der Waals surface area (Å²) in [4.78, 5) is 0. The maximum Gasteiger partial charge on any atom is -0.00000138 e. The van der Waals surface area contributed by atoms with Crippen molar-refractivity contribution < 1.29 is 0 Å². The Morgan fingerprint density at radius 2 is 0.458 bits per heavy atom. The number of hydrogen-bond donors (Lipinski definition) is 0. The van der Waals surface area contributed by atoms with Crippen LogP contribution in [-0.2, 0) is 0 Å². The zero-order valence-electron chi connectivity index (χ0n) is 64.0. The van der Waals surface area contributed by atoms with Gasteiger partial charge in [-0.05, 0) is 674 Å². The van der Waals surface area contributed by atoms with Gasteiger partial charge in [-0.2, -0.15) is 0 Å². The van der Waals surface area contributed by atoms with E-state index in [1.807, 2.05) is 25.7 Å². The van der Waals surface area contributed by atoms with Crippen LogP contribution in [0.3, 0.4) is 0 Å². The van der Waals surface area contributed by atoms with Gasteiger partial charge in [-0.1, -0.05) is 0 Å². The van der Waals surface area contributed by atoms with Crippen LogP contribution >= 0.6 is 0 Å². The maximum absolute atomic E-state index is 2.08. The molecule has 0 bridgehead atoms. The summed E-state index contributed by atoms with van der Waals surface area (Å²) in [5.41, 5.74) is 89.3. The first kappa shape index (κ1) is 36.4. The van der Waals surface area contributed by atoms with Gasteiger partial charge in [-0.15, -0.1) is 0 Å². The van der Waals surface area contributed by atoms with E-state index in [4.69, 9.17) is 0 Å². The van der Waals surface area contributed by atoms with Gasteiger partial charge in [0.2, 0.25) is 0 Å². The fraction of sp³-hybridized carbons (Fsp3) is 1.00. The lowest BCUT2D eigenvalue weighted by molar-refractivity contribution is -1.10. The lowest BCUT2D eigenvalue weighted by Crippen LogP contribution is -3.78. The topological polar surface area (TPSA) is 0 Å². The lowest BCUT2D eigenvalue weighted by atomic mass is 8.18. The van der Waals surface area contributed by atoms with E-state index in [9.17, 15) is 0 Å². The van der Waals surface area contributed by atoms with Crippen LogP contribution in [0.1, 0.15) is 38.5 Å². The number of fused-ring (bicyclic) bond motifs is 21. The van der Waals surface area contributed by atoms with Crippen molar-refractivity contribution in [3.8, 4) is 0 Å². The van der Waals surface area contributed by atoms with E-state index < -0.39 is 0 Å². The van der Waals surface area contributed by atoms with Gasteiger partial charge in [-0.3, -0.25) is 0 Å². The van der Waals surface area contributed by atoms with E-state index in [-0.39, 0.29) is 0 Å². The zero-order valence-corrected chi connectivity index (χ0v) is 64.0. The smallest absolute Gasteiger partial charge is 0.00000138 e. The molecule has 97 aliphatic carbocycles. The molecule has 0 heterocycles. The summed E-state index contributed by atoms with van der Waals surface area (Å²) >= 11 is 0. The molecule has 97 fully saturated rings. The normalized spacial score (nSPS) is 158. The number of hydrogen-bond acceptors (Lipinski definition) is 0. The molecule has 0 aromatic rings. The van der Waals surface area contributed by atoms with Crippen molar-refractivity contribution in [1.82, 2.24) is 0 Å². The standard InChI is InChI=1S/C120H48/c1-2-44-37-12-4-8-15-14-7-3-9-16-20-24-21-17-10-5-11-18-22-25-27-29-30-28-26-23-19-13-6-43(1)38-36-39(44)75-71(36)73(38)50(13,43)54(19)58(23)61(26)63(28)65(30)64(29)62(27)60(25)57(22)53(18)47(10,11)52(17)56(21)59(24)55(20)51(16)45(7,9)40-34-32-31-33-35-41-48(14)49(15)42-46(8,12)72(37)77(42)80(49)79(48)76(41)70(35)68(33)66(31)67(32)69(34)74(40,51)83(55)86(59)84(56)81(52,53)85(57)90(60)93(62)96(64)97(65)94(63)91(61)87(58)82(54,73)89(71)100(75)102(77,78(44,72)75)104(80)103(79)101(76)99(70)98(68)95(66)92(67)88(69,83)106(86)105(84,85)108(90)109(92,106)112(95)111(93,108)114(96)115(97)113(94)110(91)107(87,89)118(100,104)120(103,110)119(101,113)117(99,115)116(98,112)114/h7-42H,1-6H2. The summed E-state index contributed by atoms with van der Waals surface area (Å²) in [7, 11) is 0. The van der Waals surface area contributed by atoms with E-state index in [0.717, 1.165) is 276 Å². The Kier molecular flexibility index (Phi) is 1.48. The van der Waals surface area contributed by atoms with Crippen molar-refractivity contribution in [1.29, 1.82) is 0 Å². The highest BCUT2D eigenvalue weighted by molar-refractivity contribution is 6.98. The molecule has 0 saturated heterocycles. The highest BCUT2D eigenvalue weighted by atomic mass is 15.9. The van der Waals surface area contributed by atoms with Crippen LogP contribution < -0.4 is 0 Å². The molecule has 0 radical (unpaired) electrons. The minimum absolute atomic E-state index is 1.01. The first-order valence-corrected chi connectivity index (χ1v) is 59.7. The van der Waals surface area contributed by atoms with Crippen LogP contribution in [0, 0.1) is 635 Å². The van der Waals surface area contributed by atoms with E-state index in [1.165, 1.54) is 359 Å². The van der Waals surface area contributed by atoms with Gasteiger partial charge in [0.05, 0.1) is 0 Å². The fourth-order valence-electron chi connectivity index (χ4n) is 154. The van der Waals surface area contributed by atoms with Gasteiger partial charge in [-0.25, -0.2) is 0 Å². The van der Waals surface area contributed by atoms with Crippen molar-refractivity contribution in [3.63, 3.8) is 0 Å². The largest absolute Gasteiger partial charge is 0.0461 e. The predicted molar refractivity (Wildman–Crippen MR) is 372 cm³/mol. The van der Waals surface area contributed by atoms with Gasteiger partial charge in [0.1, 0.15) is 0 Å². The average Bonchev–Trinajstić information content (AvgIpc) is 0.450. The van der Waals surface area contributed by atoms with Gasteiger partial charge in [0.25, 0.3) is 0 Å². The molecule has 114 atom stereocenters. The van der Waals surface area contributed by atoms with Crippen molar-refractivity contribution in [2.24, 2.45) is 440 Å². The van der Waals surface area contributed by atoms with E-state index in [0.29, 0.717) is 0 Å². The zero-order chi connectivity index (χ0) is 64.0. The Bertz CT molecular complexity index is 10700. The third-order valence-corrected chi connectivity index (χ3v) is 115. The number of rotatable bonds is 0. The highest BCUT2D eigenvalue weighted by Crippen LogP contribution is 3.98. The van der Waals surface area contributed by atoms with E-state index in [2.05, 4.69) is 12.8 Å². The molecule has 97 saturated carbocycles. The SMILES string of the molecule is C1C2C3C4C5CC6C7C89CCC%10%11CC%12C%13C%14C%15C%16C%17C%18C%19C%20C%21C%22C%23CC%24C%25C%26C%27C%28C%29C1C21C2C%30C%31C%32C%33C%34C%35C3%36C43C4C56C75C46C34C%363C%357C%34%35C%33%34C%32%33C%31%32C%30%31C2%30C%291C%281C%272C%26%27C%25%26C%24%23C%22%23C%21%22C%20%21C%19%20C%18%19C%17%18C%16%17C%15%16C%14%15C%13%14C%12%10C%10%12C%11C%11C8C8%13C%11%10C%10%11C%12%14C%15%12C%16%14C%17%15C%18%16C%19%17C%20%18C%21%19C%22%20C%26%23C%27%21C2%22C1%30C%311C%322C%33%23C%34%24C%35%25C7%26C37C43C6(C958)C%13%10C34C%11%12C%143C%155C%166C%178C%189C%19%10C%21%20C%221C2%10C%239C%248C%256C%265C743. The Morgan fingerprint density at radius 3 is 1.01 bits per heavy atom. The minimum Gasteiger partial charge on any atom is -0.0461 e. The molecule has 0 aromatic carbocycles. The van der Waals surface area contributed by atoms with Gasteiger partial charge in [0.15, 0.2) is 0 Å². The quantitative estimate of drug-likeness (QED) is 0.227. The molecule has 0 N–H and O–H groups in total. The fourth-order valence-corrected chi connectivity index (χ4v) is 154. The molecule has 78 spiro atoms. The van der Waals surface area contributed by atoms with E-state index >= 15 is 0 Å². The van der Waals surface area contributed by atoms with Crippen LogP contribution in [0.15, 0.2) is 0 Å². The third kappa shape index (κ3) is 0.635. The summed E-state index contributed by atoms with van der Waals surface area (Å²) in [6.07, 6.45) is 12.2. The molecule has 0 aliphatic heterocycles. The molecule has 114 unspecified atom stereocenters. The molecular formula is C120H48. The summed E-state index contributed by atoms with van der Waals surface area (Å²) in [5.74, 6) is 53.0. The van der Waals surface area contributed by atoms with Crippen LogP contribution in [0.4, 0.5) is 0 Å². The van der Waals surface area contributed by atoms with Gasteiger partial charge < -0.3 is 0 Å². The van der Waals surface area contributed by atoms with Crippen LogP contribution in [0.5, 0.6) is 0 Å². The van der Waals surface area contributed by atoms with Gasteiger partial charge in [0, 0.05) is 0 Å². The molecule has 97 rings (SSSR count). The van der Waals surface area contributed by atoms with Crippen molar-refractivity contribution in [2.45, 2.75) is 38.5 Å². The first-order chi connectivity index (χ1) is 59.7. The highest BCUT2D eigenvalue weighted by Gasteiger charge is 3.93. The van der Waals surface area contributed by atoms with Crippen molar-refractivity contribution in [3.05, 3.63) is 195 Å². The molecular weight excluding hydrogens is 1440 g/mol. The summed E-state index contributed by atoms with van der Waals surface area (Å²) in [6, 6.07) is 0. The summed E-state index contributed by atoms with van der Waals surface area (Å²) < 4.78 is 0. The Morgan fingerprint density at radius 1 is 0.133 bits per heavy atom.